The van der Waals surface area contributed by atoms with Gasteiger partial charge in [0.2, 0.25) is 0 Å². The number of amides is 1. The quantitative estimate of drug-likeness (QED) is 0.237. The lowest BCUT2D eigenvalue weighted by Gasteiger charge is -2.36. The molecule has 1 rings (SSSR count). The van der Waals surface area contributed by atoms with E-state index in [1.165, 1.54) is 7.11 Å². The van der Waals surface area contributed by atoms with Crippen molar-refractivity contribution in [3.8, 4) is 0 Å². The highest BCUT2D eigenvalue weighted by atomic mass is 28.4. The molecule has 1 heterocycles. The average Bonchev–Trinajstić information content (AvgIpc) is 3.02. The molecule has 0 N–H and O–H groups in total. The SMILES string of the molecule is COC(=O)CC(=O)[C@]1(CCCO[Si](C)(C)C(C)(C)C)CCN(C(=O)OC(C)(C)C)C1. The van der Waals surface area contributed by atoms with Crippen LogP contribution in [0.2, 0.25) is 18.1 Å². The normalized spacial score (nSPS) is 20.2. The lowest BCUT2D eigenvalue weighted by atomic mass is 9.77. The van der Waals surface area contributed by atoms with Crippen molar-refractivity contribution in [3.05, 3.63) is 0 Å². The highest BCUT2D eigenvalue weighted by Gasteiger charge is 2.46. The third-order valence-electron chi connectivity index (χ3n) is 6.20. The first-order valence-corrected chi connectivity index (χ1v) is 13.7. The average molecular weight is 444 g/mol. The Labute approximate surface area is 182 Å². The van der Waals surface area contributed by atoms with Gasteiger partial charge in [0.25, 0.3) is 0 Å². The standard InChI is InChI=1S/C22H41NO6Si/c1-20(2,3)29-19(26)23-13-12-22(16-23,17(24)15-18(25)27-7)11-10-14-28-30(8,9)21(4,5)6/h10-16H2,1-9H3/t22-/m1/s1. The summed E-state index contributed by atoms with van der Waals surface area (Å²) in [6.07, 6.45) is 1.08. The number of Topliss-reactive ketones (excluding diaryl/α,β-unsaturated/α-hetero) is 1. The molecule has 1 saturated heterocycles. The van der Waals surface area contributed by atoms with Crippen molar-refractivity contribution in [2.24, 2.45) is 5.41 Å². The summed E-state index contributed by atoms with van der Waals surface area (Å²) in [5.41, 5.74) is -1.36. The van der Waals surface area contributed by atoms with E-state index in [-0.39, 0.29) is 23.8 Å². The highest BCUT2D eigenvalue weighted by Crippen LogP contribution is 2.39. The van der Waals surface area contributed by atoms with E-state index in [0.717, 1.165) is 0 Å². The van der Waals surface area contributed by atoms with Crippen LogP contribution in [0.3, 0.4) is 0 Å². The number of hydrogen-bond donors (Lipinski definition) is 0. The first-order valence-electron chi connectivity index (χ1n) is 10.7. The summed E-state index contributed by atoms with van der Waals surface area (Å²) in [5.74, 6) is -0.722. The molecular weight excluding hydrogens is 402 g/mol. The van der Waals surface area contributed by atoms with Gasteiger partial charge >= 0.3 is 12.1 Å². The van der Waals surface area contributed by atoms with Crippen LogP contribution >= 0.6 is 0 Å². The molecule has 0 bridgehead atoms. The first-order chi connectivity index (χ1) is 13.5. The maximum Gasteiger partial charge on any atom is 0.410 e. The minimum absolute atomic E-state index is 0.117. The minimum atomic E-state index is -1.87. The van der Waals surface area contributed by atoms with Gasteiger partial charge in [0, 0.05) is 25.1 Å². The third-order valence-corrected chi connectivity index (χ3v) is 10.7. The van der Waals surface area contributed by atoms with Crippen LogP contribution in [0.25, 0.3) is 0 Å². The Balaban J connectivity index is 2.85. The molecule has 1 fully saturated rings. The van der Waals surface area contributed by atoms with E-state index >= 15 is 0 Å². The van der Waals surface area contributed by atoms with Crippen LogP contribution in [-0.2, 0) is 23.5 Å². The molecule has 1 aliphatic rings. The second kappa shape index (κ2) is 9.81. The van der Waals surface area contributed by atoms with Crippen LogP contribution < -0.4 is 0 Å². The summed E-state index contributed by atoms with van der Waals surface area (Å²) in [6.45, 7) is 17.7. The zero-order chi connectivity index (χ0) is 23.4. The van der Waals surface area contributed by atoms with Gasteiger partial charge in [-0.15, -0.1) is 0 Å². The molecule has 8 heteroatoms. The molecule has 1 aliphatic heterocycles. The molecule has 0 aromatic carbocycles. The smallest absolute Gasteiger partial charge is 0.410 e. The number of nitrogens with zero attached hydrogens (tertiary/aromatic N) is 1. The van der Waals surface area contributed by atoms with Crippen molar-refractivity contribution >= 4 is 26.2 Å². The molecule has 0 spiro atoms. The van der Waals surface area contributed by atoms with E-state index in [9.17, 15) is 14.4 Å². The number of carbonyl (C=O) groups is 3. The summed E-state index contributed by atoms with van der Waals surface area (Å²) in [4.78, 5) is 38.8. The molecule has 0 unspecified atom stereocenters. The van der Waals surface area contributed by atoms with Crippen molar-refractivity contribution in [1.82, 2.24) is 4.90 Å². The fourth-order valence-corrected chi connectivity index (χ4v) is 4.36. The predicted octanol–water partition coefficient (Wildman–Crippen LogP) is 4.55. The molecule has 174 valence electrons. The second-order valence-corrected chi connectivity index (χ2v) is 15.6. The molecule has 1 atom stereocenters. The number of rotatable bonds is 8. The van der Waals surface area contributed by atoms with E-state index in [4.69, 9.17) is 9.16 Å². The van der Waals surface area contributed by atoms with Crippen LogP contribution in [0.15, 0.2) is 0 Å². The van der Waals surface area contributed by atoms with Crippen molar-refractivity contribution in [3.63, 3.8) is 0 Å². The largest absolute Gasteiger partial charge is 0.469 e. The molecule has 0 aromatic heterocycles. The van der Waals surface area contributed by atoms with Crippen LogP contribution in [0.5, 0.6) is 0 Å². The molecular formula is C22H41NO6Si. The van der Waals surface area contributed by atoms with Crippen LogP contribution in [0.1, 0.15) is 67.2 Å². The number of methoxy groups -OCH3 is 1. The van der Waals surface area contributed by atoms with Crippen LogP contribution in [-0.4, -0.2) is 63.5 Å². The Morgan fingerprint density at radius 3 is 2.17 bits per heavy atom. The van der Waals surface area contributed by atoms with Gasteiger partial charge in [0.15, 0.2) is 14.1 Å². The van der Waals surface area contributed by atoms with Crippen LogP contribution in [0, 0.1) is 5.41 Å². The van der Waals surface area contributed by atoms with E-state index in [1.54, 1.807) is 4.90 Å². The fourth-order valence-electron chi connectivity index (χ4n) is 3.27. The zero-order valence-electron chi connectivity index (χ0n) is 20.3. The van der Waals surface area contributed by atoms with E-state index in [1.807, 2.05) is 20.8 Å². The summed E-state index contributed by atoms with van der Waals surface area (Å²) in [6, 6.07) is 0. The Morgan fingerprint density at radius 2 is 1.67 bits per heavy atom. The molecule has 0 aromatic rings. The molecule has 7 nitrogen and oxygen atoms in total. The van der Waals surface area contributed by atoms with Gasteiger partial charge in [0.1, 0.15) is 12.0 Å². The van der Waals surface area contributed by atoms with Gasteiger partial charge in [-0.2, -0.15) is 0 Å². The van der Waals surface area contributed by atoms with Gasteiger partial charge in [-0.05, 0) is 58.2 Å². The zero-order valence-corrected chi connectivity index (χ0v) is 21.3. The molecule has 30 heavy (non-hydrogen) atoms. The maximum atomic E-state index is 13.0. The highest BCUT2D eigenvalue weighted by molar-refractivity contribution is 6.74. The monoisotopic (exact) mass is 443 g/mol. The van der Waals surface area contributed by atoms with Crippen molar-refractivity contribution in [1.29, 1.82) is 0 Å². The van der Waals surface area contributed by atoms with E-state index in [2.05, 4.69) is 38.6 Å². The number of ether oxygens (including phenoxy) is 2. The van der Waals surface area contributed by atoms with Gasteiger partial charge in [-0.25, -0.2) is 4.79 Å². The Kier molecular flexibility index (Phi) is 8.70. The summed E-state index contributed by atoms with van der Waals surface area (Å²) < 4.78 is 16.4. The van der Waals surface area contributed by atoms with Crippen molar-refractivity contribution in [2.75, 3.05) is 26.8 Å². The maximum absolute atomic E-state index is 13.0. The number of esters is 1. The predicted molar refractivity (Wildman–Crippen MR) is 119 cm³/mol. The Bertz CT molecular complexity index is 635. The van der Waals surface area contributed by atoms with Gasteiger partial charge in [0.05, 0.1) is 7.11 Å². The van der Waals surface area contributed by atoms with Crippen LogP contribution in [0.4, 0.5) is 4.79 Å². The lowest BCUT2D eigenvalue weighted by molar-refractivity contribution is -0.145. The van der Waals surface area contributed by atoms with Gasteiger partial charge in [-0.3, -0.25) is 9.59 Å². The summed E-state index contributed by atoms with van der Waals surface area (Å²) in [7, 11) is -0.592. The molecule has 0 aliphatic carbocycles. The minimum Gasteiger partial charge on any atom is -0.469 e. The molecule has 0 radical (unpaired) electrons. The first kappa shape index (κ1) is 26.6. The number of hydrogen-bond acceptors (Lipinski definition) is 6. The summed E-state index contributed by atoms with van der Waals surface area (Å²) >= 11 is 0. The second-order valence-electron chi connectivity index (χ2n) is 10.8. The number of likely N-dealkylation sites (tertiary alicyclic amines) is 1. The topological polar surface area (TPSA) is 82.1 Å². The third kappa shape index (κ3) is 7.37. The number of carbonyl (C=O) groups excluding carboxylic acids is 3. The van der Waals surface area contributed by atoms with Gasteiger partial charge in [-0.1, -0.05) is 20.8 Å². The fraction of sp³-hybridized carbons (Fsp3) is 0.864. The Morgan fingerprint density at radius 1 is 1.07 bits per heavy atom. The van der Waals surface area contributed by atoms with E-state index in [0.29, 0.717) is 32.4 Å². The molecule has 0 saturated carbocycles. The van der Waals surface area contributed by atoms with Crippen molar-refractivity contribution < 1.29 is 28.3 Å². The van der Waals surface area contributed by atoms with E-state index < -0.39 is 31.4 Å². The number of ketones is 1. The van der Waals surface area contributed by atoms with Crippen molar-refractivity contribution in [2.45, 2.75) is 91.0 Å². The Hall–Kier alpha value is -1.41. The lowest BCUT2D eigenvalue weighted by Crippen LogP contribution is -2.42. The molecule has 1 amide bonds. The van der Waals surface area contributed by atoms with Gasteiger partial charge < -0.3 is 18.8 Å². The summed E-state index contributed by atoms with van der Waals surface area (Å²) in [5, 5.41) is 0.117.